The molecule has 1 fully saturated rings. The molecule has 1 saturated heterocycles. The second-order valence-corrected chi connectivity index (χ2v) is 4.95. The normalized spacial score (nSPS) is 21.0. The maximum Gasteiger partial charge on any atom is 0.338 e. The zero-order valence-corrected chi connectivity index (χ0v) is 12.0. The van der Waals surface area contributed by atoms with E-state index >= 15 is 0 Å². The zero-order valence-electron chi connectivity index (χ0n) is 12.0. The molecule has 1 aromatic carbocycles. The molecule has 7 nitrogen and oxygen atoms in total. The van der Waals surface area contributed by atoms with Gasteiger partial charge in [0.2, 0.25) is 0 Å². The van der Waals surface area contributed by atoms with Crippen LogP contribution < -0.4 is 10.6 Å². The van der Waals surface area contributed by atoms with E-state index in [1.165, 1.54) is 12.0 Å². The number of carbonyl (C=O) groups excluding carboxylic acids is 3. The molecule has 3 rings (SSSR count). The van der Waals surface area contributed by atoms with Gasteiger partial charge in [-0.25, -0.2) is 9.59 Å². The van der Waals surface area contributed by atoms with Gasteiger partial charge in [0.15, 0.2) is 0 Å². The first kappa shape index (κ1) is 14.1. The molecule has 2 N–H and O–H groups in total. The summed E-state index contributed by atoms with van der Waals surface area (Å²) in [5.74, 6) is -1.08. The molecule has 7 heteroatoms. The van der Waals surface area contributed by atoms with Crippen LogP contribution in [0.15, 0.2) is 41.6 Å². The van der Waals surface area contributed by atoms with Gasteiger partial charge in [-0.1, -0.05) is 30.3 Å². The summed E-state index contributed by atoms with van der Waals surface area (Å²) in [5, 5.41) is 5.42. The van der Waals surface area contributed by atoms with Gasteiger partial charge in [-0.05, 0) is 5.56 Å². The number of fused-ring (bicyclic) bond motifs is 1. The summed E-state index contributed by atoms with van der Waals surface area (Å²) in [6, 6.07) is 7.89. The predicted molar refractivity (Wildman–Crippen MR) is 76.5 cm³/mol. The molecular weight excluding hydrogens is 286 g/mol. The number of rotatable bonds is 2. The van der Waals surface area contributed by atoms with E-state index < -0.39 is 23.9 Å². The van der Waals surface area contributed by atoms with Crippen LogP contribution in [0.5, 0.6) is 0 Å². The number of benzene rings is 1. The first-order valence-electron chi connectivity index (χ1n) is 6.87. The summed E-state index contributed by atoms with van der Waals surface area (Å²) in [7, 11) is 1.25. The average Bonchev–Trinajstić information content (AvgIpc) is 2.55. The molecule has 2 aliphatic heterocycles. The highest BCUT2D eigenvalue weighted by atomic mass is 16.5. The third kappa shape index (κ3) is 2.20. The van der Waals surface area contributed by atoms with Gasteiger partial charge < -0.3 is 15.4 Å². The number of esters is 1. The number of nitrogens with zero attached hydrogens (tertiary/aromatic N) is 1. The quantitative estimate of drug-likeness (QED) is 0.770. The van der Waals surface area contributed by atoms with Crippen molar-refractivity contribution < 1.29 is 19.1 Å². The van der Waals surface area contributed by atoms with E-state index in [-0.39, 0.29) is 11.3 Å². The minimum Gasteiger partial charge on any atom is -0.466 e. The highest BCUT2D eigenvalue weighted by molar-refractivity contribution is 6.08. The third-order valence-electron chi connectivity index (χ3n) is 3.70. The van der Waals surface area contributed by atoms with Gasteiger partial charge in [0.25, 0.3) is 5.91 Å². The molecule has 2 aliphatic rings. The number of nitrogens with one attached hydrogen (secondary N) is 2. The standard InChI is InChI=1S/C15H15N3O4/c1-22-14(20)10-11(9-5-3-2-4-6-9)17-15(21)18-8-7-16-13(19)12(10)18/h2-6,11H,7-8H2,1H3,(H,16,19)(H,17,21). The van der Waals surface area contributed by atoms with Crippen LogP contribution in [-0.4, -0.2) is 43.0 Å². The number of methoxy groups -OCH3 is 1. The molecule has 1 aromatic rings. The molecule has 0 bridgehead atoms. The zero-order chi connectivity index (χ0) is 15.7. The Bertz CT molecular complexity index is 669. The van der Waals surface area contributed by atoms with Crippen molar-refractivity contribution in [3.63, 3.8) is 0 Å². The number of hydrogen-bond acceptors (Lipinski definition) is 4. The van der Waals surface area contributed by atoms with Crippen LogP contribution in [0.2, 0.25) is 0 Å². The fraction of sp³-hybridized carbons (Fsp3) is 0.267. The summed E-state index contributed by atoms with van der Waals surface area (Å²) in [6.07, 6.45) is 0. The lowest BCUT2D eigenvalue weighted by molar-refractivity contribution is -0.137. The van der Waals surface area contributed by atoms with Gasteiger partial charge in [-0.15, -0.1) is 0 Å². The predicted octanol–water partition coefficient (Wildman–Crippen LogP) is 0.310. The highest BCUT2D eigenvalue weighted by Crippen LogP contribution is 2.32. The van der Waals surface area contributed by atoms with E-state index in [9.17, 15) is 14.4 Å². The van der Waals surface area contributed by atoms with Crippen LogP contribution in [0.3, 0.4) is 0 Å². The number of urea groups is 1. The van der Waals surface area contributed by atoms with Gasteiger partial charge in [-0.2, -0.15) is 0 Å². The molecule has 114 valence electrons. The van der Waals surface area contributed by atoms with Crippen molar-refractivity contribution in [3.8, 4) is 0 Å². The summed E-state index contributed by atoms with van der Waals surface area (Å²) in [6.45, 7) is 0.662. The summed E-state index contributed by atoms with van der Waals surface area (Å²) < 4.78 is 4.82. The third-order valence-corrected chi connectivity index (χ3v) is 3.70. The molecule has 1 unspecified atom stereocenters. The van der Waals surface area contributed by atoms with Crippen LogP contribution in [-0.2, 0) is 14.3 Å². The number of carbonyl (C=O) groups is 3. The minimum absolute atomic E-state index is 0.0655. The van der Waals surface area contributed by atoms with E-state index in [0.717, 1.165) is 0 Å². The van der Waals surface area contributed by atoms with Crippen molar-refractivity contribution in [2.24, 2.45) is 0 Å². The molecule has 0 saturated carbocycles. The molecule has 22 heavy (non-hydrogen) atoms. The average molecular weight is 301 g/mol. The Balaban J connectivity index is 2.17. The number of hydrogen-bond donors (Lipinski definition) is 2. The Morgan fingerprint density at radius 2 is 2.00 bits per heavy atom. The van der Waals surface area contributed by atoms with Crippen molar-refractivity contribution in [1.29, 1.82) is 0 Å². The van der Waals surface area contributed by atoms with Crippen LogP contribution in [0.4, 0.5) is 4.79 Å². The van der Waals surface area contributed by atoms with Crippen molar-refractivity contribution in [2.45, 2.75) is 6.04 Å². The second kappa shape index (κ2) is 5.51. The van der Waals surface area contributed by atoms with E-state index in [0.29, 0.717) is 18.7 Å². The molecule has 0 aliphatic carbocycles. The SMILES string of the molecule is COC(=O)C1=C2C(=O)NCCN2C(=O)NC1c1ccccc1. The Morgan fingerprint density at radius 1 is 1.27 bits per heavy atom. The lowest BCUT2D eigenvalue weighted by Crippen LogP contribution is -2.57. The van der Waals surface area contributed by atoms with Gasteiger partial charge >= 0.3 is 12.0 Å². The molecule has 1 atom stereocenters. The summed E-state index contributed by atoms with van der Waals surface area (Å²) >= 11 is 0. The largest absolute Gasteiger partial charge is 0.466 e. The number of amides is 3. The molecule has 3 amide bonds. The Morgan fingerprint density at radius 3 is 2.68 bits per heavy atom. The van der Waals surface area contributed by atoms with Gasteiger partial charge in [-0.3, -0.25) is 9.69 Å². The molecule has 0 radical (unpaired) electrons. The highest BCUT2D eigenvalue weighted by Gasteiger charge is 2.42. The van der Waals surface area contributed by atoms with E-state index in [4.69, 9.17) is 4.74 Å². The molecule has 2 heterocycles. The maximum atomic E-state index is 12.3. The van der Waals surface area contributed by atoms with Gasteiger partial charge in [0.1, 0.15) is 5.70 Å². The number of ether oxygens (including phenoxy) is 1. The van der Waals surface area contributed by atoms with E-state index in [1.54, 1.807) is 24.3 Å². The first-order chi connectivity index (χ1) is 10.6. The molecular formula is C15H15N3O4. The molecule has 0 aromatic heterocycles. The lowest BCUT2D eigenvalue weighted by Gasteiger charge is -2.38. The summed E-state index contributed by atoms with van der Waals surface area (Å²) in [4.78, 5) is 37.9. The van der Waals surface area contributed by atoms with Gasteiger partial charge in [0, 0.05) is 13.1 Å². The van der Waals surface area contributed by atoms with Crippen molar-refractivity contribution in [2.75, 3.05) is 20.2 Å². The van der Waals surface area contributed by atoms with E-state index in [1.807, 2.05) is 6.07 Å². The smallest absolute Gasteiger partial charge is 0.338 e. The second-order valence-electron chi connectivity index (χ2n) is 4.95. The van der Waals surface area contributed by atoms with Crippen LogP contribution >= 0.6 is 0 Å². The lowest BCUT2D eigenvalue weighted by atomic mass is 9.93. The van der Waals surface area contributed by atoms with Crippen LogP contribution in [0.1, 0.15) is 11.6 Å². The van der Waals surface area contributed by atoms with Crippen LogP contribution in [0.25, 0.3) is 0 Å². The van der Waals surface area contributed by atoms with Gasteiger partial charge in [0.05, 0.1) is 18.7 Å². The molecule has 0 spiro atoms. The Labute approximate surface area is 126 Å². The van der Waals surface area contributed by atoms with Crippen molar-refractivity contribution in [1.82, 2.24) is 15.5 Å². The first-order valence-corrected chi connectivity index (χ1v) is 6.87. The fourth-order valence-electron chi connectivity index (χ4n) is 2.70. The van der Waals surface area contributed by atoms with Crippen molar-refractivity contribution >= 4 is 17.9 Å². The monoisotopic (exact) mass is 301 g/mol. The maximum absolute atomic E-state index is 12.3. The summed E-state index contributed by atoms with van der Waals surface area (Å²) in [5.41, 5.74) is 0.919. The van der Waals surface area contributed by atoms with Crippen LogP contribution in [0, 0.1) is 0 Å². The van der Waals surface area contributed by atoms with E-state index in [2.05, 4.69) is 10.6 Å². The minimum atomic E-state index is -0.712. The fourth-order valence-corrected chi connectivity index (χ4v) is 2.70. The van der Waals surface area contributed by atoms with Crippen molar-refractivity contribution in [3.05, 3.63) is 47.2 Å². The topological polar surface area (TPSA) is 87.7 Å². The number of piperazine rings is 1. The Hall–Kier alpha value is -2.83. The Kier molecular flexibility index (Phi) is 3.54.